The highest BCUT2D eigenvalue weighted by atomic mass is 32.2. The molecule has 2 aromatic rings. The zero-order chi connectivity index (χ0) is 16.3. The molecule has 122 valence electrons. The topological polar surface area (TPSA) is 72.4 Å². The molecule has 0 unspecified atom stereocenters. The molecule has 1 saturated heterocycles. The van der Waals surface area contributed by atoms with Crippen molar-refractivity contribution in [3.63, 3.8) is 0 Å². The van der Waals surface area contributed by atoms with Crippen molar-refractivity contribution in [1.29, 1.82) is 0 Å². The number of hydrogen-bond donors (Lipinski definition) is 0. The first-order valence-corrected chi connectivity index (χ1v) is 9.00. The second-order valence-corrected chi connectivity index (χ2v) is 7.47. The van der Waals surface area contributed by atoms with E-state index in [0.29, 0.717) is 31.8 Å². The number of sulfonamides is 1. The van der Waals surface area contributed by atoms with Crippen molar-refractivity contribution >= 4 is 10.0 Å². The van der Waals surface area contributed by atoms with Gasteiger partial charge in [-0.1, -0.05) is 6.07 Å². The van der Waals surface area contributed by atoms with Gasteiger partial charge in [-0.05, 0) is 38.0 Å². The molecule has 0 atom stereocenters. The van der Waals surface area contributed by atoms with Gasteiger partial charge in [0.05, 0.1) is 0 Å². The minimum atomic E-state index is -3.47. The Labute approximate surface area is 136 Å². The lowest BCUT2D eigenvalue weighted by Gasteiger charge is -2.31. The lowest BCUT2D eigenvalue weighted by molar-refractivity contribution is 0.129. The molecule has 0 radical (unpaired) electrons. The van der Waals surface area contributed by atoms with Crippen LogP contribution in [0.25, 0.3) is 0 Å². The summed E-state index contributed by atoms with van der Waals surface area (Å²) in [5.74, 6) is 0.596. The van der Waals surface area contributed by atoms with Gasteiger partial charge >= 0.3 is 0 Å². The largest absolute Gasteiger partial charge is 0.474 e. The Morgan fingerprint density at radius 3 is 2.61 bits per heavy atom. The SMILES string of the molecule is Cc1cccc(OC2CCN(S(=O)(=O)c3cccnc3)CC2)n1. The van der Waals surface area contributed by atoms with E-state index in [0.717, 1.165) is 5.69 Å². The average Bonchev–Trinajstić information content (AvgIpc) is 2.56. The Bertz CT molecular complexity index is 757. The number of pyridine rings is 2. The maximum absolute atomic E-state index is 12.5. The summed E-state index contributed by atoms with van der Waals surface area (Å²) in [7, 11) is -3.47. The van der Waals surface area contributed by atoms with Crippen LogP contribution < -0.4 is 4.74 Å². The molecule has 6 nitrogen and oxygen atoms in total. The van der Waals surface area contributed by atoms with Crippen LogP contribution in [0, 0.1) is 6.92 Å². The Hall–Kier alpha value is -1.99. The van der Waals surface area contributed by atoms with Crippen LogP contribution in [0.15, 0.2) is 47.6 Å². The van der Waals surface area contributed by atoms with Gasteiger partial charge in [-0.25, -0.2) is 13.4 Å². The predicted octanol–water partition coefficient (Wildman–Crippen LogP) is 2.02. The molecular weight excluding hydrogens is 314 g/mol. The van der Waals surface area contributed by atoms with Crippen LogP contribution in [0.5, 0.6) is 5.88 Å². The predicted molar refractivity (Wildman–Crippen MR) is 85.6 cm³/mol. The minimum absolute atomic E-state index is 0.00958. The van der Waals surface area contributed by atoms with Gasteiger partial charge in [-0.15, -0.1) is 0 Å². The van der Waals surface area contributed by atoms with E-state index in [-0.39, 0.29) is 11.0 Å². The summed E-state index contributed by atoms with van der Waals surface area (Å²) in [6, 6.07) is 8.84. The Morgan fingerprint density at radius 1 is 1.17 bits per heavy atom. The van der Waals surface area contributed by atoms with Crippen molar-refractivity contribution in [2.75, 3.05) is 13.1 Å². The third-order valence-corrected chi connectivity index (χ3v) is 5.71. The third kappa shape index (κ3) is 3.68. The summed E-state index contributed by atoms with van der Waals surface area (Å²) in [5, 5.41) is 0. The van der Waals surface area contributed by atoms with E-state index >= 15 is 0 Å². The van der Waals surface area contributed by atoms with Crippen LogP contribution in [0.1, 0.15) is 18.5 Å². The van der Waals surface area contributed by atoms with Crippen molar-refractivity contribution in [2.45, 2.75) is 30.8 Å². The van der Waals surface area contributed by atoms with Gasteiger partial charge in [0.1, 0.15) is 11.0 Å². The molecule has 0 saturated carbocycles. The van der Waals surface area contributed by atoms with Gasteiger partial charge in [0.15, 0.2) is 0 Å². The number of hydrogen-bond acceptors (Lipinski definition) is 5. The summed E-state index contributed by atoms with van der Waals surface area (Å²) in [6.45, 7) is 2.79. The first-order chi connectivity index (χ1) is 11.1. The maximum atomic E-state index is 12.5. The van der Waals surface area contributed by atoms with Crippen molar-refractivity contribution in [3.05, 3.63) is 48.4 Å². The van der Waals surface area contributed by atoms with Gasteiger partial charge < -0.3 is 4.74 Å². The van der Waals surface area contributed by atoms with Gasteiger partial charge in [0.25, 0.3) is 0 Å². The van der Waals surface area contributed by atoms with E-state index in [1.54, 1.807) is 18.3 Å². The zero-order valence-corrected chi connectivity index (χ0v) is 13.7. The first kappa shape index (κ1) is 15.9. The van der Waals surface area contributed by atoms with Gasteiger partial charge in [-0.2, -0.15) is 4.31 Å². The van der Waals surface area contributed by atoms with E-state index in [1.807, 2.05) is 25.1 Å². The van der Waals surface area contributed by atoms with Crippen LogP contribution in [0.3, 0.4) is 0 Å². The summed E-state index contributed by atoms with van der Waals surface area (Å²) < 4.78 is 32.4. The van der Waals surface area contributed by atoms with Crippen LogP contribution in [-0.2, 0) is 10.0 Å². The number of aryl methyl sites for hydroxylation is 1. The first-order valence-electron chi connectivity index (χ1n) is 7.56. The van der Waals surface area contributed by atoms with Crippen molar-refractivity contribution in [3.8, 4) is 5.88 Å². The zero-order valence-electron chi connectivity index (χ0n) is 12.9. The monoisotopic (exact) mass is 333 g/mol. The molecule has 0 N–H and O–H groups in total. The highest BCUT2D eigenvalue weighted by molar-refractivity contribution is 7.89. The van der Waals surface area contributed by atoms with Crippen molar-refractivity contribution in [2.24, 2.45) is 0 Å². The Balaban J connectivity index is 1.62. The highest BCUT2D eigenvalue weighted by Crippen LogP contribution is 2.22. The summed E-state index contributed by atoms with van der Waals surface area (Å²) >= 11 is 0. The minimum Gasteiger partial charge on any atom is -0.474 e. The third-order valence-electron chi connectivity index (χ3n) is 3.82. The van der Waals surface area contributed by atoms with Crippen LogP contribution in [-0.4, -0.2) is 41.9 Å². The number of rotatable bonds is 4. The molecule has 2 aromatic heterocycles. The van der Waals surface area contributed by atoms with Gasteiger partial charge in [0, 0.05) is 37.2 Å². The lowest BCUT2D eigenvalue weighted by atomic mass is 10.1. The quantitative estimate of drug-likeness (QED) is 0.856. The van der Waals surface area contributed by atoms with Crippen LogP contribution in [0.4, 0.5) is 0 Å². The van der Waals surface area contributed by atoms with Gasteiger partial charge in [0.2, 0.25) is 15.9 Å². The second-order valence-electron chi connectivity index (χ2n) is 5.53. The summed E-state index contributed by atoms with van der Waals surface area (Å²) in [6.07, 6.45) is 4.23. The fourth-order valence-corrected chi connectivity index (χ4v) is 4.03. The Kier molecular flexibility index (Phi) is 4.58. The van der Waals surface area contributed by atoms with Crippen molar-refractivity contribution < 1.29 is 13.2 Å². The number of aromatic nitrogens is 2. The molecule has 23 heavy (non-hydrogen) atoms. The molecule has 1 aliphatic rings. The van der Waals surface area contributed by atoms with E-state index in [1.165, 1.54) is 10.5 Å². The molecule has 0 aliphatic carbocycles. The summed E-state index contributed by atoms with van der Waals surface area (Å²) in [5.41, 5.74) is 0.902. The molecule has 0 amide bonds. The van der Waals surface area contributed by atoms with E-state index < -0.39 is 10.0 Å². The fraction of sp³-hybridized carbons (Fsp3) is 0.375. The Morgan fingerprint density at radius 2 is 1.96 bits per heavy atom. The number of ether oxygens (including phenoxy) is 1. The molecule has 0 bridgehead atoms. The molecule has 0 spiro atoms. The number of piperidine rings is 1. The smallest absolute Gasteiger partial charge is 0.244 e. The van der Waals surface area contributed by atoms with Crippen molar-refractivity contribution in [1.82, 2.24) is 14.3 Å². The van der Waals surface area contributed by atoms with Gasteiger partial charge in [-0.3, -0.25) is 4.98 Å². The molecule has 1 aliphatic heterocycles. The van der Waals surface area contributed by atoms with E-state index in [4.69, 9.17) is 4.74 Å². The van der Waals surface area contributed by atoms with Crippen LogP contribution in [0.2, 0.25) is 0 Å². The molecule has 3 rings (SSSR count). The highest BCUT2D eigenvalue weighted by Gasteiger charge is 2.30. The lowest BCUT2D eigenvalue weighted by Crippen LogP contribution is -2.41. The summed E-state index contributed by atoms with van der Waals surface area (Å²) in [4.78, 5) is 8.44. The standard InChI is InChI=1S/C16H19N3O3S/c1-13-4-2-6-16(18-13)22-14-7-10-19(11-8-14)23(20,21)15-5-3-9-17-12-15/h2-6,9,12,14H,7-8,10-11H2,1H3. The molecular formula is C16H19N3O3S. The molecule has 3 heterocycles. The number of nitrogens with zero attached hydrogens (tertiary/aromatic N) is 3. The average molecular weight is 333 g/mol. The van der Waals surface area contributed by atoms with Crippen LogP contribution >= 0.6 is 0 Å². The second kappa shape index (κ2) is 6.64. The van der Waals surface area contributed by atoms with E-state index in [2.05, 4.69) is 9.97 Å². The normalized spacial score (nSPS) is 17.1. The fourth-order valence-electron chi connectivity index (χ4n) is 2.59. The maximum Gasteiger partial charge on any atom is 0.244 e. The molecule has 7 heteroatoms. The molecule has 0 aromatic carbocycles. The molecule has 1 fully saturated rings. The van der Waals surface area contributed by atoms with E-state index in [9.17, 15) is 8.42 Å².